The van der Waals surface area contributed by atoms with Crippen LogP contribution >= 0.6 is 15.9 Å². The average Bonchev–Trinajstić information content (AvgIpc) is 3.01. The SMILES string of the molecule is COC(=O)C1=NNC2C(=O)N(c3ccccc3Br)C(=O)C12. The highest BCUT2D eigenvalue weighted by molar-refractivity contribution is 9.10. The number of rotatable bonds is 2. The molecule has 2 aliphatic heterocycles. The molecular weight excluding hydrogens is 342 g/mol. The van der Waals surface area contributed by atoms with E-state index in [1.54, 1.807) is 24.3 Å². The number of nitrogens with one attached hydrogen (secondary N) is 1. The van der Waals surface area contributed by atoms with Gasteiger partial charge in [0.2, 0.25) is 5.91 Å². The molecule has 2 aliphatic rings. The van der Waals surface area contributed by atoms with E-state index in [2.05, 4.69) is 31.2 Å². The number of carbonyl (C=O) groups is 3. The first-order chi connectivity index (χ1) is 10.1. The number of hydrogen-bond acceptors (Lipinski definition) is 6. The Labute approximate surface area is 128 Å². The Hall–Kier alpha value is -2.22. The number of carbonyl (C=O) groups excluding carboxylic acids is 3. The number of fused-ring (bicyclic) bond motifs is 1. The van der Waals surface area contributed by atoms with Gasteiger partial charge in [0.05, 0.1) is 12.8 Å². The average molecular weight is 352 g/mol. The summed E-state index contributed by atoms with van der Waals surface area (Å²) in [6.45, 7) is 0. The van der Waals surface area contributed by atoms with Gasteiger partial charge < -0.3 is 4.74 Å². The van der Waals surface area contributed by atoms with Crippen LogP contribution in [0.3, 0.4) is 0 Å². The van der Waals surface area contributed by atoms with E-state index in [-0.39, 0.29) is 5.71 Å². The van der Waals surface area contributed by atoms with Crippen molar-refractivity contribution in [1.29, 1.82) is 0 Å². The van der Waals surface area contributed by atoms with Crippen molar-refractivity contribution in [2.75, 3.05) is 12.0 Å². The quantitative estimate of drug-likeness (QED) is 0.616. The van der Waals surface area contributed by atoms with Gasteiger partial charge in [0.15, 0.2) is 5.71 Å². The minimum atomic E-state index is -0.947. The largest absolute Gasteiger partial charge is 0.464 e. The van der Waals surface area contributed by atoms with Gasteiger partial charge in [-0.25, -0.2) is 9.69 Å². The van der Waals surface area contributed by atoms with Gasteiger partial charge in [-0.2, -0.15) is 5.10 Å². The van der Waals surface area contributed by atoms with Crippen LogP contribution in [0.5, 0.6) is 0 Å². The zero-order valence-corrected chi connectivity index (χ0v) is 12.5. The molecule has 0 aliphatic carbocycles. The molecule has 3 rings (SSSR count). The highest BCUT2D eigenvalue weighted by Gasteiger charge is 2.55. The lowest BCUT2D eigenvalue weighted by molar-refractivity contribution is -0.133. The molecule has 2 amide bonds. The summed E-state index contributed by atoms with van der Waals surface area (Å²) in [7, 11) is 1.20. The van der Waals surface area contributed by atoms with Gasteiger partial charge >= 0.3 is 5.97 Å². The van der Waals surface area contributed by atoms with Gasteiger partial charge in [0, 0.05) is 4.47 Å². The fourth-order valence-electron chi connectivity index (χ4n) is 2.43. The summed E-state index contributed by atoms with van der Waals surface area (Å²) in [6, 6.07) is 6.01. The number of ether oxygens (including phenoxy) is 1. The van der Waals surface area contributed by atoms with E-state index in [4.69, 9.17) is 0 Å². The molecule has 0 bridgehead atoms. The van der Waals surface area contributed by atoms with E-state index < -0.39 is 29.7 Å². The third kappa shape index (κ3) is 1.94. The standard InChI is InChI=1S/C13H10BrN3O4/c1-21-13(20)10-8-9(15-16-10)12(19)17(11(8)18)7-5-3-2-4-6(7)14/h2-5,8-9,15H,1H3. The molecule has 0 radical (unpaired) electrons. The van der Waals surface area contributed by atoms with Crippen molar-refractivity contribution < 1.29 is 19.1 Å². The molecule has 21 heavy (non-hydrogen) atoms. The number of amides is 2. The molecule has 1 aromatic rings. The zero-order valence-electron chi connectivity index (χ0n) is 10.9. The van der Waals surface area contributed by atoms with Gasteiger partial charge in [0.25, 0.3) is 5.91 Å². The number of imide groups is 1. The minimum absolute atomic E-state index is 0.0737. The van der Waals surface area contributed by atoms with Crippen LogP contribution in [0.4, 0.5) is 5.69 Å². The lowest BCUT2D eigenvalue weighted by Crippen LogP contribution is -2.36. The Balaban J connectivity index is 2.00. The Kier molecular flexibility index (Phi) is 3.25. The molecule has 1 saturated heterocycles. The number of halogens is 1. The Bertz CT molecular complexity index is 688. The number of nitrogens with zero attached hydrogens (tertiary/aromatic N) is 2. The van der Waals surface area contributed by atoms with Crippen LogP contribution in [-0.2, 0) is 19.1 Å². The number of esters is 1. The second-order valence-corrected chi connectivity index (χ2v) is 5.39. The van der Waals surface area contributed by atoms with Gasteiger partial charge in [-0.3, -0.25) is 15.0 Å². The molecule has 1 fully saturated rings. The number of methoxy groups -OCH3 is 1. The Morgan fingerprint density at radius 2 is 2.05 bits per heavy atom. The van der Waals surface area contributed by atoms with Crippen molar-refractivity contribution in [3.05, 3.63) is 28.7 Å². The van der Waals surface area contributed by atoms with Crippen LogP contribution < -0.4 is 10.3 Å². The van der Waals surface area contributed by atoms with Crippen LogP contribution in [0, 0.1) is 5.92 Å². The second kappa shape index (κ2) is 4.96. The smallest absolute Gasteiger partial charge is 0.355 e. The fourth-order valence-corrected chi connectivity index (χ4v) is 2.89. The normalized spacial score (nSPS) is 23.7. The molecule has 0 saturated carbocycles. The summed E-state index contributed by atoms with van der Waals surface area (Å²) < 4.78 is 5.20. The van der Waals surface area contributed by atoms with E-state index >= 15 is 0 Å². The third-order valence-electron chi connectivity index (χ3n) is 3.41. The van der Waals surface area contributed by atoms with E-state index in [1.807, 2.05) is 0 Å². The van der Waals surface area contributed by atoms with E-state index in [0.717, 1.165) is 4.90 Å². The highest BCUT2D eigenvalue weighted by atomic mass is 79.9. The topological polar surface area (TPSA) is 88.1 Å². The number of hydrazone groups is 1. The molecule has 2 unspecified atom stereocenters. The Morgan fingerprint density at radius 1 is 1.33 bits per heavy atom. The first kappa shape index (κ1) is 13.7. The van der Waals surface area contributed by atoms with Crippen molar-refractivity contribution in [1.82, 2.24) is 5.43 Å². The van der Waals surface area contributed by atoms with Crippen LogP contribution in [-0.4, -0.2) is 36.6 Å². The van der Waals surface area contributed by atoms with Crippen molar-refractivity contribution in [2.45, 2.75) is 6.04 Å². The van der Waals surface area contributed by atoms with Gasteiger partial charge in [-0.1, -0.05) is 12.1 Å². The molecule has 8 heteroatoms. The third-order valence-corrected chi connectivity index (χ3v) is 4.08. The predicted molar refractivity (Wildman–Crippen MR) is 76.5 cm³/mol. The summed E-state index contributed by atoms with van der Waals surface area (Å²) >= 11 is 3.31. The lowest BCUT2D eigenvalue weighted by Gasteiger charge is -2.16. The van der Waals surface area contributed by atoms with Gasteiger partial charge in [-0.05, 0) is 28.1 Å². The second-order valence-electron chi connectivity index (χ2n) is 4.54. The summed E-state index contributed by atoms with van der Waals surface area (Å²) in [4.78, 5) is 37.6. The molecule has 0 aromatic heterocycles. The van der Waals surface area contributed by atoms with Crippen molar-refractivity contribution in [3.63, 3.8) is 0 Å². The highest BCUT2D eigenvalue weighted by Crippen LogP contribution is 2.34. The number of para-hydroxylation sites is 1. The molecule has 7 nitrogen and oxygen atoms in total. The van der Waals surface area contributed by atoms with Crippen LogP contribution in [0.2, 0.25) is 0 Å². The molecule has 1 N–H and O–H groups in total. The van der Waals surface area contributed by atoms with E-state index in [9.17, 15) is 14.4 Å². The summed E-state index contributed by atoms with van der Waals surface area (Å²) in [5.41, 5.74) is 2.91. The predicted octanol–water partition coefficient (Wildman–Crippen LogP) is 0.439. The molecule has 1 aromatic carbocycles. The molecule has 2 heterocycles. The van der Waals surface area contributed by atoms with Crippen molar-refractivity contribution >= 4 is 45.1 Å². The van der Waals surface area contributed by atoms with Crippen molar-refractivity contribution in [3.8, 4) is 0 Å². The number of hydrogen-bond donors (Lipinski definition) is 1. The fraction of sp³-hybridized carbons (Fsp3) is 0.231. The van der Waals surface area contributed by atoms with Crippen LogP contribution in [0.25, 0.3) is 0 Å². The molecular formula is C13H10BrN3O4. The van der Waals surface area contributed by atoms with Crippen LogP contribution in [0.1, 0.15) is 0 Å². The zero-order chi connectivity index (χ0) is 15.1. The molecule has 0 spiro atoms. The Morgan fingerprint density at radius 3 is 2.71 bits per heavy atom. The molecule has 2 atom stereocenters. The maximum Gasteiger partial charge on any atom is 0.355 e. The maximum absolute atomic E-state index is 12.5. The van der Waals surface area contributed by atoms with Crippen molar-refractivity contribution in [2.24, 2.45) is 11.0 Å². The summed E-state index contributed by atoms with van der Waals surface area (Å²) in [5.74, 6) is -2.60. The maximum atomic E-state index is 12.5. The lowest BCUT2D eigenvalue weighted by atomic mass is 9.99. The van der Waals surface area contributed by atoms with Gasteiger partial charge in [0.1, 0.15) is 12.0 Å². The number of benzene rings is 1. The van der Waals surface area contributed by atoms with Gasteiger partial charge in [-0.15, -0.1) is 0 Å². The number of anilines is 1. The van der Waals surface area contributed by atoms with E-state index in [1.165, 1.54) is 7.11 Å². The monoisotopic (exact) mass is 351 g/mol. The van der Waals surface area contributed by atoms with E-state index in [0.29, 0.717) is 10.2 Å². The molecule has 108 valence electrons. The first-order valence-electron chi connectivity index (χ1n) is 6.10. The summed E-state index contributed by atoms with van der Waals surface area (Å²) in [6.07, 6.45) is 0. The minimum Gasteiger partial charge on any atom is -0.464 e. The summed E-state index contributed by atoms with van der Waals surface area (Å²) in [5, 5.41) is 3.75. The van der Waals surface area contributed by atoms with Crippen LogP contribution in [0.15, 0.2) is 33.8 Å². The first-order valence-corrected chi connectivity index (χ1v) is 6.89.